The molecule has 1 aliphatic rings. The van der Waals surface area contributed by atoms with E-state index < -0.39 is 0 Å². The van der Waals surface area contributed by atoms with Gasteiger partial charge in [0.15, 0.2) is 5.65 Å². The number of aryl methyl sites for hydroxylation is 1. The largest absolute Gasteiger partial charge is 0.336 e. The number of aromatic nitrogens is 3. The second kappa shape index (κ2) is 8.33. The fourth-order valence-electron chi connectivity index (χ4n) is 3.94. The van der Waals surface area contributed by atoms with Gasteiger partial charge < -0.3 is 4.90 Å². The van der Waals surface area contributed by atoms with E-state index in [9.17, 15) is 4.79 Å². The number of hydrogen-bond donors (Lipinski definition) is 0. The van der Waals surface area contributed by atoms with Crippen LogP contribution < -0.4 is 0 Å². The van der Waals surface area contributed by atoms with Crippen molar-refractivity contribution < 1.29 is 4.79 Å². The minimum atomic E-state index is 0.0805. The molecule has 0 bridgehead atoms. The van der Waals surface area contributed by atoms with E-state index in [0.29, 0.717) is 5.56 Å². The maximum absolute atomic E-state index is 13.1. The first-order chi connectivity index (χ1) is 14.0. The lowest BCUT2D eigenvalue weighted by atomic mass is 10.1. The highest BCUT2D eigenvalue weighted by atomic mass is 16.2. The second-order valence-corrected chi connectivity index (χ2v) is 8.09. The zero-order valence-corrected chi connectivity index (χ0v) is 17.5. The Hall–Kier alpha value is -2.73. The molecule has 1 aliphatic heterocycles. The lowest BCUT2D eigenvalue weighted by Gasteiger charge is -2.35. The number of rotatable bonds is 5. The summed E-state index contributed by atoms with van der Waals surface area (Å²) in [5.41, 5.74) is 3.68. The Morgan fingerprint density at radius 3 is 2.52 bits per heavy atom. The molecule has 0 N–H and O–H groups in total. The topological polar surface area (TPSA) is 54.3 Å². The Labute approximate surface area is 172 Å². The number of amides is 1. The standard InChI is InChI=1S/C23H29N5O/c1-17(2)28-22-20(16-24-28)15-21(18(3)25-22)23(29)27-13-11-26(12-14-27)10-9-19-7-5-4-6-8-19/h4-8,15-17H,9-14H2,1-3H3. The first-order valence-electron chi connectivity index (χ1n) is 10.4. The van der Waals surface area contributed by atoms with Gasteiger partial charge in [0.2, 0.25) is 0 Å². The fourth-order valence-corrected chi connectivity index (χ4v) is 3.94. The lowest BCUT2D eigenvalue weighted by Crippen LogP contribution is -2.49. The van der Waals surface area contributed by atoms with Crippen LogP contribution in [0.4, 0.5) is 0 Å². The third kappa shape index (κ3) is 4.17. The van der Waals surface area contributed by atoms with Crippen LogP contribution in [0.1, 0.15) is 41.5 Å². The van der Waals surface area contributed by atoms with Crippen LogP contribution in [0.15, 0.2) is 42.6 Å². The molecule has 2 aromatic heterocycles. The van der Waals surface area contributed by atoms with E-state index >= 15 is 0 Å². The van der Waals surface area contributed by atoms with Crippen molar-refractivity contribution in [3.05, 3.63) is 59.4 Å². The number of nitrogens with zero attached hydrogens (tertiary/aromatic N) is 5. The Morgan fingerprint density at radius 2 is 1.83 bits per heavy atom. The predicted molar refractivity (Wildman–Crippen MR) is 115 cm³/mol. The van der Waals surface area contributed by atoms with E-state index in [-0.39, 0.29) is 11.9 Å². The average Bonchev–Trinajstić information content (AvgIpc) is 3.15. The minimum Gasteiger partial charge on any atom is -0.336 e. The van der Waals surface area contributed by atoms with Crippen molar-refractivity contribution in [3.63, 3.8) is 0 Å². The van der Waals surface area contributed by atoms with E-state index in [4.69, 9.17) is 4.98 Å². The Morgan fingerprint density at radius 1 is 1.10 bits per heavy atom. The van der Waals surface area contributed by atoms with E-state index in [1.807, 2.05) is 22.6 Å². The molecule has 0 spiro atoms. The molecule has 6 nitrogen and oxygen atoms in total. The molecule has 0 atom stereocenters. The summed E-state index contributed by atoms with van der Waals surface area (Å²) < 4.78 is 1.90. The number of hydrogen-bond acceptors (Lipinski definition) is 4. The van der Waals surface area contributed by atoms with Gasteiger partial charge in [-0.2, -0.15) is 5.10 Å². The molecule has 152 valence electrons. The third-order valence-corrected chi connectivity index (χ3v) is 5.70. The SMILES string of the molecule is Cc1nc2c(cnn2C(C)C)cc1C(=O)N1CCN(CCc2ccccc2)CC1. The Kier molecular flexibility index (Phi) is 5.62. The molecule has 1 fully saturated rings. The summed E-state index contributed by atoms with van der Waals surface area (Å²) in [5, 5.41) is 5.35. The van der Waals surface area contributed by atoms with Crippen molar-refractivity contribution in [1.29, 1.82) is 0 Å². The van der Waals surface area contributed by atoms with Crippen LogP contribution in [0.2, 0.25) is 0 Å². The molecule has 0 saturated carbocycles. The molecule has 0 unspecified atom stereocenters. The van der Waals surface area contributed by atoms with Gasteiger partial charge in [0.05, 0.1) is 17.5 Å². The number of benzene rings is 1. The summed E-state index contributed by atoms with van der Waals surface area (Å²) >= 11 is 0. The van der Waals surface area contributed by atoms with Gasteiger partial charge >= 0.3 is 0 Å². The van der Waals surface area contributed by atoms with E-state index in [2.05, 4.69) is 54.2 Å². The van der Waals surface area contributed by atoms with Crippen LogP contribution in [0.25, 0.3) is 11.0 Å². The molecule has 3 heterocycles. The molecule has 6 heteroatoms. The van der Waals surface area contributed by atoms with Crippen LogP contribution in [0.5, 0.6) is 0 Å². The van der Waals surface area contributed by atoms with E-state index in [1.54, 1.807) is 6.20 Å². The van der Waals surface area contributed by atoms with Crippen LogP contribution in [-0.4, -0.2) is 63.2 Å². The molecule has 1 aromatic carbocycles. The number of fused-ring (bicyclic) bond motifs is 1. The minimum absolute atomic E-state index is 0.0805. The van der Waals surface area contributed by atoms with E-state index in [1.165, 1.54) is 5.56 Å². The molecular formula is C23H29N5O. The van der Waals surface area contributed by atoms with E-state index in [0.717, 1.165) is 55.9 Å². The third-order valence-electron chi connectivity index (χ3n) is 5.70. The second-order valence-electron chi connectivity index (χ2n) is 8.09. The highest BCUT2D eigenvalue weighted by Gasteiger charge is 2.24. The molecule has 1 saturated heterocycles. The van der Waals surface area contributed by atoms with Gasteiger partial charge in [-0.3, -0.25) is 9.69 Å². The smallest absolute Gasteiger partial charge is 0.255 e. The molecule has 29 heavy (non-hydrogen) atoms. The predicted octanol–water partition coefficient (Wildman–Crippen LogP) is 3.32. The van der Waals surface area contributed by atoms with Gasteiger partial charge in [-0.25, -0.2) is 9.67 Å². The summed E-state index contributed by atoms with van der Waals surface area (Å²) in [6, 6.07) is 12.8. The summed E-state index contributed by atoms with van der Waals surface area (Å²) in [4.78, 5) is 22.2. The lowest BCUT2D eigenvalue weighted by molar-refractivity contribution is 0.0637. The monoisotopic (exact) mass is 391 g/mol. The Bertz CT molecular complexity index is 987. The molecule has 0 radical (unpaired) electrons. The highest BCUT2D eigenvalue weighted by Crippen LogP contribution is 2.21. The maximum atomic E-state index is 13.1. The number of piperazine rings is 1. The zero-order chi connectivity index (χ0) is 20.4. The first-order valence-corrected chi connectivity index (χ1v) is 10.4. The zero-order valence-electron chi connectivity index (χ0n) is 17.5. The van der Waals surface area contributed by atoms with Gasteiger partial charge in [0.25, 0.3) is 5.91 Å². The molecular weight excluding hydrogens is 362 g/mol. The summed E-state index contributed by atoms with van der Waals surface area (Å²) in [6.45, 7) is 10.5. The summed E-state index contributed by atoms with van der Waals surface area (Å²) in [6.07, 6.45) is 2.86. The number of pyridine rings is 1. The van der Waals surface area contributed by atoms with Crippen LogP contribution in [0, 0.1) is 6.92 Å². The average molecular weight is 392 g/mol. The highest BCUT2D eigenvalue weighted by molar-refractivity contribution is 5.98. The van der Waals surface area contributed by atoms with Crippen LogP contribution in [-0.2, 0) is 6.42 Å². The van der Waals surface area contributed by atoms with Gasteiger partial charge in [-0.05, 0) is 38.8 Å². The molecule has 4 rings (SSSR count). The van der Waals surface area contributed by atoms with Gasteiger partial charge in [-0.15, -0.1) is 0 Å². The van der Waals surface area contributed by atoms with Crippen molar-refractivity contribution in [1.82, 2.24) is 24.6 Å². The maximum Gasteiger partial charge on any atom is 0.255 e. The summed E-state index contributed by atoms with van der Waals surface area (Å²) in [5.74, 6) is 0.0805. The molecule has 3 aromatic rings. The number of carbonyl (C=O) groups excluding carboxylic acids is 1. The van der Waals surface area contributed by atoms with Crippen molar-refractivity contribution >= 4 is 16.9 Å². The normalized spacial score (nSPS) is 15.4. The number of carbonyl (C=O) groups is 1. The summed E-state index contributed by atoms with van der Waals surface area (Å²) in [7, 11) is 0. The van der Waals surface area contributed by atoms with Crippen molar-refractivity contribution in [2.45, 2.75) is 33.2 Å². The van der Waals surface area contributed by atoms with Crippen molar-refractivity contribution in [2.24, 2.45) is 0 Å². The fraction of sp³-hybridized carbons (Fsp3) is 0.435. The molecule has 1 amide bonds. The van der Waals surface area contributed by atoms with Gasteiger partial charge in [0.1, 0.15) is 0 Å². The molecule has 0 aliphatic carbocycles. The van der Waals surface area contributed by atoms with Crippen molar-refractivity contribution in [3.8, 4) is 0 Å². The van der Waals surface area contributed by atoms with Crippen LogP contribution >= 0.6 is 0 Å². The quantitative estimate of drug-likeness (QED) is 0.670. The van der Waals surface area contributed by atoms with Crippen LogP contribution in [0.3, 0.4) is 0 Å². The van der Waals surface area contributed by atoms with Gasteiger partial charge in [0, 0.05) is 44.2 Å². The van der Waals surface area contributed by atoms with Gasteiger partial charge in [-0.1, -0.05) is 30.3 Å². The Balaban J connectivity index is 1.40. The van der Waals surface area contributed by atoms with Crippen molar-refractivity contribution in [2.75, 3.05) is 32.7 Å². The first kappa shape index (κ1) is 19.6.